The molecule has 0 saturated heterocycles. The van der Waals surface area contributed by atoms with Gasteiger partial charge in [-0.2, -0.15) is 0 Å². The first-order valence-electron chi connectivity index (χ1n) is 11.5. The highest BCUT2D eigenvalue weighted by atomic mass is 28.4. The van der Waals surface area contributed by atoms with Gasteiger partial charge in [-0.05, 0) is 61.0 Å². The molecule has 2 heterocycles. The van der Waals surface area contributed by atoms with E-state index in [9.17, 15) is 9.90 Å². The van der Waals surface area contributed by atoms with Gasteiger partial charge in [-0.25, -0.2) is 9.37 Å². The predicted molar refractivity (Wildman–Crippen MR) is 140 cm³/mol. The fourth-order valence-corrected chi connectivity index (χ4v) is 4.68. The number of hydrogen-bond donors (Lipinski definition) is 4. The van der Waals surface area contributed by atoms with Gasteiger partial charge in [0.15, 0.2) is 6.23 Å². The summed E-state index contributed by atoms with van der Waals surface area (Å²) < 4.78 is 21.5. The summed E-state index contributed by atoms with van der Waals surface area (Å²) in [6.07, 6.45) is 1.15. The molecule has 1 atom stereocenters. The van der Waals surface area contributed by atoms with Crippen LogP contribution in [0, 0.1) is 12.7 Å². The van der Waals surface area contributed by atoms with Gasteiger partial charge in [0, 0.05) is 17.8 Å². The number of aldehydes is 1. The van der Waals surface area contributed by atoms with Crippen LogP contribution in [0.1, 0.15) is 48.5 Å². The zero-order valence-corrected chi connectivity index (χ0v) is 21.8. The van der Waals surface area contributed by atoms with Crippen LogP contribution in [-0.2, 0) is 0 Å². The molecule has 4 rings (SSSR count). The van der Waals surface area contributed by atoms with E-state index in [1.54, 1.807) is 36.5 Å². The Morgan fingerprint density at radius 3 is 2.57 bits per heavy atom. The SMILES string of the molecule is Cc1cc(F)c(Nc2ccnc3c2C(O)Nc2cc(C=O)ccc2N3)cc1O[Si](C)(C)C(C)(C)C. The van der Waals surface area contributed by atoms with E-state index >= 15 is 4.39 Å². The third kappa shape index (κ3) is 4.87. The van der Waals surface area contributed by atoms with Gasteiger partial charge in [-0.3, -0.25) is 4.79 Å². The number of fused-ring (bicyclic) bond motifs is 2. The number of aromatic nitrogens is 1. The van der Waals surface area contributed by atoms with Crippen molar-refractivity contribution in [3.05, 3.63) is 65.1 Å². The van der Waals surface area contributed by atoms with Crippen LogP contribution in [0.5, 0.6) is 5.75 Å². The highest BCUT2D eigenvalue weighted by Crippen LogP contribution is 2.42. The second-order valence-electron chi connectivity index (χ2n) is 10.3. The summed E-state index contributed by atoms with van der Waals surface area (Å²) >= 11 is 0. The molecule has 0 aliphatic carbocycles. The molecule has 1 aliphatic heterocycles. The van der Waals surface area contributed by atoms with Crippen molar-refractivity contribution in [1.82, 2.24) is 4.98 Å². The Labute approximate surface area is 205 Å². The molecule has 0 spiro atoms. The molecule has 7 nitrogen and oxygen atoms in total. The van der Waals surface area contributed by atoms with Gasteiger partial charge < -0.3 is 25.5 Å². The standard InChI is InChI=1S/C26H31FN4O3Si/c1-15-11-17(27)20(13-22(15)34-35(5,6)26(2,3)4)29-19-9-10-28-24-23(19)25(33)31-21-12-16(14-32)7-8-18(21)30-24/h7-14,25,31,33H,1-6H3,(H2,28,29,30). The molecule has 35 heavy (non-hydrogen) atoms. The second kappa shape index (κ2) is 8.97. The molecule has 9 heteroatoms. The van der Waals surface area contributed by atoms with Gasteiger partial charge in [-0.15, -0.1) is 0 Å². The number of rotatable bonds is 5. The number of carbonyl (C=O) groups excluding carboxylic acids is 1. The van der Waals surface area contributed by atoms with E-state index in [1.807, 2.05) is 6.92 Å². The maximum atomic E-state index is 15.0. The molecular formula is C26H31FN4O3Si. The Kier molecular flexibility index (Phi) is 6.33. The number of nitrogens with zero attached hydrogens (tertiary/aromatic N) is 1. The maximum absolute atomic E-state index is 15.0. The van der Waals surface area contributed by atoms with Crippen molar-refractivity contribution in [3.63, 3.8) is 0 Å². The molecule has 0 amide bonds. The first-order valence-corrected chi connectivity index (χ1v) is 14.4. The first kappa shape index (κ1) is 24.7. The average molecular weight is 495 g/mol. The highest BCUT2D eigenvalue weighted by molar-refractivity contribution is 6.74. The molecule has 0 bridgehead atoms. The van der Waals surface area contributed by atoms with Gasteiger partial charge in [0.1, 0.15) is 23.7 Å². The average Bonchev–Trinajstić information content (AvgIpc) is 2.91. The summed E-state index contributed by atoms with van der Waals surface area (Å²) in [5.74, 6) is 0.614. The van der Waals surface area contributed by atoms with Gasteiger partial charge in [0.25, 0.3) is 0 Å². The molecule has 184 valence electrons. The lowest BCUT2D eigenvalue weighted by Crippen LogP contribution is -2.44. The summed E-state index contributed by atoms with van der Waals surface area (Å²) in [5, 5.41) is 20.3. The van der Waals surface area contributed by atoms with E-state index in [1.165, 1.54) is 6.07 Å². The third-order valence-corrected chi connectivity index (χ3v) is 11.0. The molecule has 1 aromatic heterocycles. The van der Waals surface area contributed by atoms with Gasteiger partial charge in [-0.1, -0.05) is 20.8 Å². The quantitative estimate of drug-likeness (QED) is 0.234. The van der Waals surface area contributed by atoms with Crippen molar-refractivity contribution < 1.29 is 18.7 Å². The van der Waals surface area contributed by atoms with E-state index in [2.05, 4.69) is 54.8 Å². The van der Waals surface area contributed by atoms with Crippen LogP contribution >= 0.6 is 0 Å². The summed E-state index contributed by atoms with van der Waals surface area (Å²) in [6.45, 7) is 12.6. The molecule has 0 fully saturated rings. The number of anilines is 5. The number of aryl methyl sites for hydroxylation is 1. The lowest BCUT2D eigenvalue weighted by Gasteiger charge is -2.37. The van der Waals surface area contributed by atoms with E-state index in [0.717, 1.165) is 11.8 Å². The summed E-state index contributed by atoms with van der Waals surface area (Å²) in [5.41, 5.74) is 3.53. The molecule has 3 aromatic rings. The van der Waals surface area contributed by atoms with Gasteiger partial charge >= 0.3 is 0 Å². The van der Waals surface area contributed by atoms with E-state index < -0.39 is 20.4 Å². The number of halogens is 1. The monoisotopic (exact) mass is 494 g/mol. The summed E-state index contributed by atoms with van der Waals surface area (Å²) in [4.78, 5) is 15.6. The Morgan fingerprint density at radius 2 is 1.89 bits per heavy atom. The minimum absolute atomic E-state index is 0.00991. The predicted octanol–water partition coefficient (Wildman–Crippen LogP) is 6.63. The van der Waals surface area contributed by atoms with Crippen LogP contribution in [-0.4, -0.2) is 24.7 Å². The van der Waals surface area contributed by atoms with Crippen LogP contribution in [0.15, 0.2) is 42.6 Å². The van der Waals surface area contributed by atoms with Crippen molar-refractivity contribution in [1.29, 1.82) is 0 Å². The molecule has 0 saturated carbocycles. The van der Waals surface area contributed by atoms with Crippen molar-refractivity contribution in [2.45, 2.75) is 52.1 Å². The van der Waals surface area contributed by atoms with Crippen LogP contribution in [0.4, 0.5) is 33.0 Å². The molecule has 1 unspecified atom stereocenters. The van der Waals surface area contributed by atoms with E-state index in [4.69, 9.17) is 4.43 Å². The van der Waals surface area contributed by atoms with Gasteiger partial charge in [0.2, 0.25) is 8.32 Å². The normalized spacial score (nSPS) is 15.1. The Balaban J connectivity index is 1.70. The largest absolute Gasteiger partial charge is 0.543 e. The molecule has 0 radical (unpaired) electrons. The fraction of sp³-hybridized carbons (Fsp3) is 0.308. The van der Waals surface area contributed by atoms with Crippen LogP contribution in [0.25, 0.3) is 0 Å². The Hall–Kier alpha value is -3.43. The van der Waals surface area contributed by atoms with Crippen LogP contribution in [0.2, 0.25) is 18.1 Å². The second-order valence-corrected chi connectivity index (χ2v) is 15.0. The number of carbonyl (C=O) groups is 1. The first-order chi connectivity index (χ1) is 16.4. The number of nitrogens with one attached hydrogen (secondary N) is 3. The van der Waals surface area contributed by atoms with Crippen molar-refractivity contribution in [2.75, 3.05) is 16.0 Å². The summed E-state index contributed by atoms with van der Waals surface area (Å²) in [6, 6.07) is 9.85. The summed E-state index contributed by atoms with van der Waals surface area (Å²) in [7, 11) is -2.14. The van der Waals surface area contributed by atoms with Crippen molar-refractivity contribution in [3.8, 4) is 5.75 Å². The minimum Gasteiger partial charge on any atom is -0.543 e. The van der Waals surface area contributed by atoms with Crippen molar-refractivity contribution >= 4 is 43.2 Å². The fourth-order valence-electron chi connectivity index (χ4n) is 3.60. The number of pyridine rings is 1. The highest BCUT2D eigenvalue weighted by Gasteiger charge is 2.39. The Morgan fingerprint density at radius 1 is 1.14 bits per heavy atom. The number of hydrogen-bond acceptors (Lipinski definition) is 7. The number of benzene rings is 2. The molecular weight excluding hydrogens is 463 g/mol. The van der Waals surface area contributed by atoms with E-state index in [0.29, 0.717) is 39.8 Å². The minimum atomic E-state index is -2.14. The lowest BCUT2D eigenvalue weighted by molar-refractivity contribution is 0.112. The molecule has 1 aliphatic rings. The number of aliphatic hydroxyl groups excluding tert-OH is 1. The van der Waals surface area contributed by atoms with Crippen LogP contribution in [0.3, 0.4) is 0 Å². The molecule has 2 aromatic carbocycles. The topological polar surface area (TPSA) is 95.5 Å². The zero-order chi connectivity index (χ0) is 25.5. The van der Waals surface area contributed by atoms with Crippen molar-refractivity contribution in [2.24, 2.45) is 0 Å². The number of aliphatic hydroxyl groups is 1. The Bertz CT molecular complexity index is 1290. The third-order valence-electron chi connectivity index (χ3n) is 6.69. The zero-order valence-electron chi connectivity index (χ0n) is 20.8. The van der Waals surface area contributed by atoms with E-state index in [-0.39, 0.29) is 10.7 Å². The maximum Gasteiger partial charge on any atom is 0.250 e. The van der Waals surface area contributed by atoms with Gasteiger partial charge in [0.05, 0.1) is 28.3 Å². The molecule has 4 N–H and O–H groups in total. The smallest absolute Gasteiger partial charge is 0.250 e. The van der Waals surface area contributed by atoms with Crippen LogP contribution < -0.4 is 20.4 Å². The lowest BCUT2D eigenvalue weighted by atomic mass is 10.1.